The van der Waals surface area contributed by atoms with Crippen molar-refractivity contribution in [2.24, 2.45) is 5.92 Å². The van der Waals surface area contributed by atoms with Crippen molar-refractivity contribution in [3.63, 3.8) is 0 Å². The largest absolute Gasteiger partial charge is 0.387 e. The molecule has 1 aromatic heterocycles. The van der Waals surface area contributed by atoms with E-state index >= 15 is 0 Å². The van der Waals surface area contributed by atoms with Gasteiger partial charge in [-0.2, -0.15) is 0 Å². The number of thiophene rings is 1. The molecule has 0 aliphatic carbocycles. The second-order valence-electron chi connectivity index (χ2n) is 5.07. The van der Waals surface area contributed by atoms with Crippen molar-refractivity contribution in [2.45, 2.75) is 50.5 Å². The molecule has 0 bridgehead atoms. The lowest BCUT2D eigenvalue weighted by Crippen LogP contribution is -2.47. The lowest BCUT2D eigenvalue weighted by Gasteiger charge is -2.29. The first-order valence-electron chi connectivity index (χ1n) is 6.81. The van der Waals surface area contributed by atoms with E-state index in [1.54, 1.807) is 19.1 Å². The van der Waals surface area contributed by atoms with Crippen LogP contribution in [0.1, 0.15) is 34.1 Å². The Labute approximate surface area is 135 Å². The van der Waals surface area contributed by atoms with Crippen LogP contribution in [0.5, 0.6) is 0 Å². The lowest BCUT2D eigenvalue weighted by atomic mass is 9.91. The Morgan fingerprint density at radius 1 is 1.52 bits per heavy atom. The molecule has 0 saturated carbocycles. The summed E-state index contributed by atoms with van der Waals surface area (Å²) >= 11 is 6.80. The molecule has 0 fully saturated rings. The van der Waals surface area contributed by atoms with Crippen LogP contribution in [0.3, 0.4) is 0 Å². The van der Waals surface area contributed by atoms with Crippen molar-refractivity contribution < 1.29 is 13.5 Å². The Morgan fingerprint density at radius 2 is 2.14 bits per heavy atom. The average molecular weight is 352 g/mol. The number of sulfonamides is 1. The SMILES string of the molecule is C/C=C(\C)[C@H](O)C(NS(=O)(=O)c1ccc(Cl)s1)[C@@H](C)CC. The van der Waals surface area contributed by atoms with Crippen molar-refractivity contribution in [2.75, 3.05) is 0 Å². The summed E-state index contributed by atoms with van der Waals surface area (Å²) in [5.41, 5.74) is 0.743. The molecule has 2 N–H and O–H groups in total. The minimum Gasteiger partial charge on any atom is -0.387 e. The number of halogens is 1. The summed E-state index contributed by atoms with van der Waals surface area (Å²) in [7, 11) is -3.68. The number of allylic oxidation sites excluding steroid dienone is 1. The van der Waals surface area contributed by atoms with E-state index in [0.717, 1.165) is 23.3 Å². The molecule has 7 heteroatoms. The molecule has 3 atom stereocenters. The van der Waals surface area contributed by atoms with E-state index in [1.165, 1.54) is 6.07 Å². The number of aliphatic hydroxyl groups is 1. The van der Waals surface area contributed by atoms with Gasteiger partial charge in [-0.05, 0) is 37.5 Å². The monoisotopic (exact) mass is 351 g/mol. The Morgan fingerprint density at radius 3 is 2.57 bits per heavy atom. The molecule has 0 spiro atoms. The van der Waals surface area contributed by atoms with Gasteiger partial charge in [0.2, 0.25) is 10.0 Å². The molecule has 0 aliphatic rings. The smallest absolute Gasteiger partial charge is 0.250 e. The first kappa shape index (κ1) is 18.6. The van der Waals surface area contributed by atoms with Gasteiger partial charge in [0.05, 0.1) is 16.5 Å². The second kappa shape index (κ2) is 7.74. The van der Waals surface area contributed by atoms with Crippen LogP contribution < -0.4 is 4.72 Å². The number of hydrogen-bond donors (Lipinski definition) is 2. The summed E-state index contributed by atoms with van der Waals surface area (Å²) in [5.74, 6) is 0.000101. The third-order valence-corrected chi connectivity index (χ3v) is 6.81. The number of aliphatic hydroxyl groups excluding tert-OH is 1. The zero-order valence-electron chi connectivity index (χ0n) is 12.6. The van der Waals surface area contributed by atoms with E-state index in [4.69, 9.17) is 11.6 Å². The highest BCUT2D eigenvalue weighted by atomic mass is 35.5. The van der Waals surface area contributed by atoms with E-state index in [-0.39, 0.29) is 10.1 Å². The molecule has 4 nitrogen and oxygen atoms in total. The molecule has 1 heterocycles. The van der Waals surface area contributed by atoms with Crippen molar-refractivity contribution in [3.05, 3.63) is 28.1 Å². The highest BCUT2D eigenvalue weighted by molar-refractivity contribution is 7.91. The molecule has 0 aliphatic heterocycles. The molecule has 120 valence electrons. The van der Waals surface area contributed by atoms with Crippen molar-refractivity contribution in [1.82, 2.24) is 4.72 Å². The molecule has 0 radical (unpaired) electrons. The summed E-state index contributed by atoms with van der Waals surface area (Å²) < 4.78 is 28.0. The normalized spacial score (nSPS) is 17.5. The minimum atomic E-state index is -3.68. The maximum absolute atomic E-state index is 12.4. The minimum absolute atomic E-state index is 0.000101. The van der Waals surface area contributed by atoms with Gasteiger partial charge in [0, 0.05) is 0 Å². The van der Waals surface area contributed by atoms with Crippen molar-refractivity contribution in [1.29, 1.82) is 0 Å². The van der Waals surface area contributed by atoms with Crippen LogP contribution in [0.2, 0.25) is 4.34 Å². The van der Waals surface area contributed by atoms with Gasteiger partial charge in [0.25, 0.3) is 0 Å². The summed E-state index contributed by atoms with van der Waals surface area (Å²) in [5, 5.41) is 10.4. The Kier molecular flexibility index (Phi) is 6.87. The van der Waals surface area contributed by atoms with Gasteiger partial charge in [-0.25, -0.2) is 13.1 Å². The third-order valence-electron chi connectivity index (χ3n) is 3.62. The van der Waals surface area contributed by atoms with Gasteiger partial charge in [-0.3, -0.25) is 0 Å². The Balaban J connectivity index is 3.06. The predicted octanol–water partition coefficient (Wildman–Crippen LogP) is 3.42. The lowest BCUT2D eigenvalue weighted by molar-refractivity contribution is 0.142. The van der Waals surface area contributed by atoms with Crippen molar-refractivity contribution >= 4 is 33.0 Å². The maximum atomic E-state index is 12.4. The summed E-state index contributed by atoms with van der Waals surface area (Å²) in [6.45, 7) is 7.49. The quantitative estimate of drug-likeness (QED) is 0.739. The highest BCUT2D eigenvalue weighted by Crippen LogP contribution is 2.27. The molecule has 1 rings (SSSR count). The van der Waals surface area contributed by atoms with Crippen LogP contribution in [0.25, 0.3) is 0 Å². The van der Waals surface area contributed by atoms with Gasteiger partial charge >= 0.3 is 0 Å². The van der Waals surface area contributed by atoms with E-state index in [0.29, 0.717) is 4.34 Å². The van der Waals surface area contributed by atoms with Crippen LogP contribution >= 0.6 is 22.9 Å². The van der Waals surface area contributed by atoms with E-state index in [9.17, 15) is 13.5 Å². The standard InChI is InChI=1S/C14H22ClNO3S2/c1-5-9(3)13(14(17)10(4)6-2)16-21(18,19)12-8-7-11(15)20-12/h6-9,13-14,16-17H,5H2,1-4H3/b10-6+/t9-,13?,14-/m0/s1. The van der Waals surface area contributed by atoms with Gasteiger partial charge in [0.1, 0.15) is 4.21 Å². The zero-order valence-corrected chi connectivity index (χ0v) is 15.0. The molecule has 0 aromatic carbocycles. The topological polar surface area (TPSA) is 66.4 Å². The van der Waals surface area contributed by atoms with Gasteiger partial charge < -0.3 is 5.11 Å². The number of hydrogen-bond acceptors (Lipinski definition) is 4. The first-order chi connectivity index (χ1) is 9.72. The number of rotatable bonds is 7. The molecular weight excluding hydrogens is 330 g/mol. The second-order valence-corrected chi connectivity index (χ2v) is 8.72. The number of nitrogens with one attached hydrogen (secondary N) is 1. The third kappa shape index (κ3) is 4.79. The van der Waals surface area contributed by atoms with E-state index in [1.807, 2.05) is 20.8 Å². The molecular formula is C14H22ClNO3S2. The summed E-state index contributed by atoms with van der Waals surface area (Å²) in [6, 6.07) is 2.45. The highest BCUT2D eigenvalue weighted by Gasteiger charge is 2.30. The fourth-order valence-electron chi connectivity index (χ4n) is 1.88. The molecule has 1 unspecified atom stereocenters. The Bertz CT molecular complexity index is 595. The van der Waals surface area contributed by atoms with Crippen LogP contribution in [-0.4, -0.2) is 25.7 Å². The van der Waals surface area contributed by atoms with Gasteiger partial charge in [-0.1, -0.05) is 37.9 Å². The van der Waals surface area contributed by atoms with Crippen LogP contribution in [0, 0.1) is 5.92 Å². The fourth-order valence-corrected chi connectivity index (χ4v) is 4.73. The van der Waals surface area contributed by atoms with Crippen LogP contribution in [0.15, 0.2) is 28.0 Å². The molecule has 0 amide bonds. The molecule has 0 saturated heterocycles. The maximum Gasteiger partial charge on any atom is 0.250 e. The first-order valence-corrected chi connectivity index (χ1v) is 9.49. The van der Waals surface area contributed by atoms with Gasteiger partial charge in [0.15, 0.2) is 0 Å². The van der Waals surface area contributed by atoms with Crippen LogP contribution in [-0.2, 0) is 10.0 Å². The summed E-state index contributed by atoms with van der Waals surface area (Å²) in [6.07, 6.45) is 1.69. The zero-order chi connectivity index (χ0) is 16.2. The predicted molar refractivity (Wildman–Crippen MR) is 88.3 cm³/mol. The summed E-state index contributed by atoms with van der Waals surface area (Å²) in [4.78, 5) is 0. The average Bonchev–Trinajstić information content (AvgIpc) is 2.89. The van der Waals surface area contributed by atoms with Crippen LogP contribution in [0.4, 0.5) is 0 Å². The molecule has 1 aromatic rings. The van der Waals surface area contributed by atoms with Crippen molar-refractivity contribution in [3.8, 4) is 0 Å². The molecule has 21 heavy (non-hydrogen) atoms. The van der Waals surface area contributed by atoms with E-state index < -0.39 is 22.2 Å². The fraction of sp³-hybridized carbons (Fsp3) is 0.571. The van der Waals surface area contributed by atoms with E-state index in [2.05, 4.69) is 4.72 Å². The Hall–Kier alpha value is -0.400. The van der Waals surface area contributed by atoms with Gasteiger partial charge in [-0.15, -0.1) is 11.3 Å².